The monoisotopic (exact) mass is 613 g/mol. The number of halogens is 1. The van der Waals surface area contributed by atoms with E-state index < -0.39 is 38.3 Å². The van der Waals surface area contributed by atoms with Gasteiger partial charge in [-0.2, -0.15) is 0 Å². The van der Waals surface area contributed by atoms with Gasteiger partial charge in [-0.15, -0.1) is 0 Å². The fourth-order valence-corrected chi connectivity index (χ4v) is 6.40. The number of hydrogen-bond donors (Lipinski definition) is 2. The van der Waals surface area contributed by atoms with Gasteiger partial charge in [-0.25, -0.2) is 21.2 Å². The van der Waals surface area contributed by atoms with Gasteiger partial charge in [0.15, 0.2) is 0 Å². The Hall–Kier alpha value is -4.62. The Bertz CT molecular complexity index is 1780. The molecule has 1 amide bonds. The summed E-state index contributed by atoms with van der Waals surface area (Å²) in [6.45, 7) is 1.20. The molecule has 10 nitrogen and oxygen atoms in total. The standard InChI is InChI=1S/C29H28FN3O7S2/c1-20-4-13-26(14-5-20)42(37,38)33(27-17-12-24(39-2)18-28(27)40-3)19-29(34)31-22-10-15-25(16-11-22)41(35,36)32-23-8-6-21(30)7-9-23/h4-18,32H,19H2,1-3H3,(H,31,34). The van der Waals surface area contributed by atoms with E-state index in [1.165, 1.54) is 74.9 Å². The molecular weight excluding hydrogens is 585 g/mol. The van der Waals surface area contributed by atoms with E-state index in [0.717, 1.165) is 22.0 Å². The van der Waals surface area contributed by atoms with Crippen LogP contribution in [0, 0.1) is 12.7 Å². The van der Waals surface area contributed by atoms with Crippen molar-refractivity contribution in [2.24, 2.45) is 0 Å². The summed E-state index contributed by atoms with van der Waals surface area (Å²) in [5.41, 5.74) is 1.38. The van der Waals surface area contributed by atoms with Crippen molar-refractivity contribution in [2.45, 2.75) is 16.7 Å². The van der Waals surface area contributed by atoms with Gasteiger partial charge in [-0.3, -0.25) is 13.8 Å². The van der Waals surface area contributed by atoms with Gasteiger partial charge in [0, 0.05) is 17.4 Å². The molecule has 0 aromatic heterocycles. The molecule has 0 spiro atoms. The van der Waals surface area contributed by atoms with Crippen LogP contribution in [0.4, 0.5) is 21.5 Å². The van der Waals surface area contributed by atoms with Crippen LogP contribution in [0.2, 0.25) is 0 Å². The highest BCUT2D eigenvalue weighted by atomic mass is 32.2. The molecule has 42 heavy (non-hydrogen) atoms. The van der Waals surface area contributed by atoms with E-state index in [0.29, 0.717) is 5.75 Å². The van der Waals surface area contributed by atoms with E-state index in [2.05, 4.69) is 10.0 Å². The first-order chi connectivity index (χ1) is 19.9. The first-order valence-corrected chi connectivity index (χ1v) is 15.3. The lowest BCUT2D eigenvalue weighted by Gasteiger charge is -2.26. The average molecular weight is 614 g/mol. The molecule has 13 heteroatoms. The summed E-state index contributed by atoms with van der Waals surface area (Å²) in [4.78, 5) is 13.0. The van der Waals surface area contributed by atoms with Crippen molar-refractivity contribution in [2.75, 3.05) is 35.1 Å². The SMILES string of the molecule is COc1ccc(N(CC(=O)Nc2ccc(S(=O)(=O)Nc3ccc(F)cc3)cc2)S(=O)(=O)c2ccc(C)cc2)c(OC)c1. The normalized spacial score (nSPS) is 11.4. The van der Waals surface area contributed by atoms with Gasteiger partial charge >= 0.3 is 0 Å². The summed E-state index contributed by atoms with van der Waals surface area (Å²) in [6.07, 6.45) is 0. The second-order valence-corrected chi connectivity index (χ2v) is 12.6. The minimum Gasteiger partial charge on any atom is -0.497 e. The van der Waals surface area contributed by atoms with Crippen molar-refractivity contribution < 1.29 is 35.5 Å². The Labute approximate surface area is 243 Å². The number of sulfonamides is 2. The van der Waals surface area contributed by atoms with Gasteiger partial charge in [-0.05, 0) is 79.7 Å². The van der Waals surface area contributed by atoms with Crippen LogP contribution in [0.1, 0.15) is 5.56 Å². The molecule has 2 N–H and O–H groups in total. The zero-order valence-corrected chi connectivity index (χ0v) is 24.5. The summed E-state index contributed by atoms with van der Waals surface area (Å²) in [7, 11) is -5.39. The van der Waals surface area contributed by atoms with Crippen molar-refractivity contribution in [1.29, 1.82) is 0 Å². The van der Waals surface area contributed by atoms with Crippen LogP contribution in [0.15, 0.2) is 101 Å². The smallest absolute Gasteiger partial charge is 0.264 e. The largest absolute Gasteiger partial charge is 0.497 e. The molecule has 0 fully saturated rings. The van der Waals surface area contributed by atoms with Gasteiger partial charge in [0.2, 0.25) is 5.91 Å². The van der Waals surface area contributed by atoms with Crippen LogP contribution >= 0.6 is 0 Å². The summed E-state index contributed by atoms with van der Waals surface area (Å²) >= 11 is 0. The summed E-state index contributed by atoms with van der Waals surface area (Å²) in [6, 6.07) is 20.8. The molecule has 0 radical (unpaired) electrons. The summed E-state index contributed by atoms with van der Waals surface area (Å²) < 4.78 is 79.9. The van der Waals surface area contributed by atoms with Crippen molar-refractivity contribution in [3.05, 3.63) is 102 Å². The zero-order valence-electron chi connectivity index (χ0n) is 22.9. The topological polar surface area (TPSA) is 131 Å². The van der Waals surface area contributed by atoms with Gasteiger partial charge < -0.3 is 14.8 Å². The number of benzene rings is 4. The second kappa shape index (κ2) is 12.5. The molecule has 0 aliphatic heterocycles. The van der Waals surface area contributed by atoms with Gasteiger partial charge in [0.05, 0.1) is 29.7 Å². The fraction of sp³-hybridized carbons (Fsp3) is 0.138. The summed E-state index contributed by atoms with van der Waals surface area (Å²) in [5, 5.41) is 2.60. The highest BCUT2D eigenvalue weighted by Gasteiger charge is 2.30. The highest BCUT2D eigenvalue weighted by Crippen LogP contribution is 2.35. The van der Waals surface area contributed by atoms with Gasteiger partial charge in [0.25, 0.3) is 20.0 Å². The van der Waals surface area contributed by atoms with Crippen LogP contribution in [0.5, 0.6) is 11.5 Å². The number of ether oxygens (including phenoxy) is 2. The third-order valence-electron chi connectivity index (χ3n) is 6.10. The number of carbonyl (C=O) groups is 1. The number of rotatable bonds is 11. The van der Waals surface area contributed by atoms with E-state index in [1.54, 1.807) is 18.2 Å². The number of carbonyl (C=O) groups excluding carboxylic acids is 1. The molecule has 0 saturated heterocycles. The number of nitrogens with one attached hydrogen (secondary N) is 2. The second-order valence-electron chi connectivity index (χ2n) is 9.05. The molecule has 4 rings (SSSR count). The molecule has 0 aliphatic carbocycles. The molecule has 0 heterocycles. The molecule has 0 atom stereocenters. The van der Waals surface area contributed by atoms with Crippen molar-refractivity contribution >= 4 is 43.0 Å². The van der Waals surface area contributed by atoms with Crippen LogP contribution in [0.25, 0.3) is 0 Å². The number of aryl methyl sites for hydroxylation is 1. The highest BCUT2D eigenvalue weighted by molar-refractivity contribution is 7.93. The zero-order chi connectivity index (χ0) is 30.5. The Morgan fingerprint density at radius 2 is 1.38 bits per heavy atom. The maximum absolute atomic E-state index is 13.7. The Kier molecular flexibility index (Phi) is 9.02. The molecule has 4 aromatic rings. The number of amides is 1. The number of nitrogens with zero attached hydrogens (tertiary/aromatic N) is 1. The fourth-order valence-electron chi connectivity index (χ4n) is 3.91. The lowest BCUT2D eigenvalue weighted by Crippen LogP contribution is -2.38. The van der Waals surface area contributed by atoms with Crippen molar-refractivity contribution in [3.63, 3.8) is 0 Å². The molecule has 0 bridgehead atoms. The molecular formula is C29H28FN3O7S2. The Morgan fingerprint density at radius 3 is 1.98 bits per heavy atom. The van der Waals surface area contributed by atoms with E-state index >= 15 is 0 Å². The minimum atomic E-state index is -4.23. The third-order valence-corrected chi connectivity index (χ3v) is 9.27. The lowest BCUT2D eigenvalue weighted by atomic mass is 10.2. The number of methoxy groups -OCH3 is 2. The average Bonchev–Trinajstić information content (AvgIpc) is 2.97. The van der Waals surface area contributed by atoms with Crippen LogP contribution in [-0.2, 0) is 24.8 Å². The predicted octanol–water partition coefficient (Wildman–Crippen LogP) is 4.79. The minimum absolute atomic E-state index is 0.0259. The first kappa shape index (κ1) is 30.3. The molecule has 220 valence electrons. The van der Waals surface area contributed by atoms with E-state index in [9.17, 15) is 26.0 Å². The van der Waals surface area contributed by atoms with E-state index in [4.69, 9.17) is 9.47 Å². The van der Waals surface area contributed by atoms with Crippen molar-refractivity contribution in [1.82, 2.24) is 0 Å². The van der Waals surface area contributed by atoms with Crippen molar-refractivity contribution in [3.8, 4) is 11.5 Å². The Morgan fingerprint density at radius 1 is 0.786 bits per heavy atom. The first-order valence-electron chi connectivity index (χ1n) is 12.4. The van der Waals surface area contributed by atoms with E-state index in [1.807, 2.05) is 6.92 Å². The number of hydrogen-bond acceptors (Lipinski definition) is 7. The molecule has 0 saturated carbocycles. The molecule has 0 unspecified atom stereocenters. The molecule has 0 aliphatic rings. The Balaban J connectivity index is 1.58. The van der Waals surface area contributed by atoms with Gasteiger partial charge in [-0.1, -0.05) is 17.7 Å². The summed E-state index contributed by atoms with van der Waals surface area (Å²) in [5.74, 6) is -0.602. The van der Waals surface area contributed by atoms with E-state index in [-0.39, 0.29) is 32.6 Å². The quantitative estimate of drug-likeness (QED) is 0.249. The van der Waals surface area contributed by atoms with Crippen LogP contribution in [-0.4, -0.2) is 43.5 Å². The third kappa shape index (κ3) is 6.98. The lowest BCUT2D eigenvalue weighted by molar-refractivity contribution is -0.114. The van der Waals surface area contributed by atoms with Gasteiger partial charge in [0.1, 0.15) is 23.9 Å². The molecule has 4 aromatic carbocycles. The predicted molar refractivity (Wildman–Crippen MR) is 158 cm³/mol. The van der Waals surface area contributed by atoms with Crippen LogP contribution < -0.4 is 23.8 Å². The maximum atomic E-state index is 13.7. The maximum Gasteiger partial charge on any atom is 0.264 e. The van der Waals surface area contributed by atoms with Crippen LogP contribution in [0.3, 0.4) is 0 Å². The number of anilines is 3.